The molecule has 0 radical (unpaired) electrons. The molecule has 0 bridgehead atoms. The number of morpholine rings is 1. The lowest BCUT2D eigenvalue weighted by Crippen LogP contribution is -2.50. The van der Waals surface area contributed by atoms with Crippen molar-refractivity contribution in [2.75, 3.05) is 33.4 Å². The van der Waals surface area contributed by atoms with Crippen LogP contribution in [-0.4, -0.2) is 55.0 Å². The fraction of sp³-hybridized carbons (Fsp3) is 0.467. The zero-order chi connectivity index (χ0) is 14.1. The third-order valence-electron chi connectivity index (χ3n) is 4.03. The molecule has 3 rings (SSSR count). The molecule has 2 aliphatic heterocycles. The van der Waals surface area contributed by atoms with Gasteiger partial charge in [0, 0.05) is 20.1 Å². The predicted molar refractivity (Wildman–Crippen MR) is 73.1 cm³/mol. The van der Waals surface area contributed by atoms with Crippen molar-refractivity contribution < 1.29 is 14.3 Å². The molecule has 0 spiro atoms. The fourth-order valence-corrected chi connectivity index (χ4v) is 2.86. The number of amides is 2. The molecular formula is C15H18N2O3. The molecule has 1 fully saturated rings. The summed E-state index contributed by atoms with van der Waals surface area (Å²) < 4.78 is 5.28. The number of ether oxygens (including phenoxy) is 1. The summed E-state index contributed by atoms with van der Waals surface area (Å²) >= 11 is 0. The monoisotopic (exact) mass is 274 g/mol. The first kappa shape index (κ1) is 13.1. The number of nitrogens with zero attached hydrogens (tertiary/aromatic N) is 2. The van der Waals surface area contributed by atoms with Crippen LogP contribution in [-0.2, 0) is 20.7 Å². The van der Waals surface area contributed by atoms with Gasteiger partial charge in [-0.1, -0.05) is 24.3 Å². The molecule has 2 aliphatic rings. The minimum Gasteiger partial charge on any atom is -0.378 e. The van der Waals surface area contributed by atoms with Crippen molar-refractivity contribution in [3.8, 4) is 0 Å². The van der Waals surface area contributed by atoms with E-state index in [0.29, 0.717) is 32.7 Å². The third-order valence-corrected chi connectivity index (χ3v) is 4.03. The second-order valence-electron chi connectivity index (χ2n) is 5.22. The van der Waals surface area contributed by atoms with Gasteiger partial charge in [0.2, 0.25) is 11.8 Å². The van der Waals surface area contributed by atoms with Crippen LogP contribution in [0, 0.1) is 0 Å². The molecular weight excluding hydrogens is 256 g/mol. The first-order chi connectivity index (χ1) is 9.68. The number of carbonyl (C=O) groups excluding carboxylic acids is 2. The van der Waals surface area contributed by atoms with E-state index < -0.39 is 6.04 Å². The lowest BCUT2D eigenvalue weighted by molar-refractivity contribution is -0.148. The molecule has 2 heterocycles. The first-order valence-corrected chi connectivity index (χ1v) is 6.88. The van der Waals surface area contributed by atoms with Gasteiger partial charge in [-0.3, -0.25) is 9.59 Å². The number of hydrogen-bond acceptors (Lipinski definition) is 3. The van der Waals surface area contributed by atoms with Gasteiger partial charge in [0.15, 0.2) is 0 Å². The van der Waals surface area contributed by atoms with Gasteiger partial charge in [0.1, 0.15) is 6.04 Å². The Hall–Kier alpha value is -1.88. The summed E-state index contributed by atoms with van der Waals surface area (Å²) in [7, 11) is 1.71. The zero-order valence-electron chi connectivity index (χ0n) is 11.5. The third kappa shape index (κ3) is 2.18. The van der Waals surface area contributed by atoms with E-state index in [0.717, 1.165) is 11.1 Å². The van der Waals surface area contributed by atoms with E-state index in [1.54, 1.807) is 16.8 Å². The quantitative estimate of drug-likeness (QED) is 0.753. The van der Waals surface area contributed by atoms with E-state index in [2.05, 4.69) is 0 Å². The van der Waals surface area contributed by atoms with E-state index in [-0.39, 0.29) is 11.8 Å². The number of carbonyl (C=O) groups is 2. The molecule has 20 heavy (non-hydrogen) atoms. The molecule has 0 saturated carbocycles. The normalized spacial score (nSPS) is 22.6. The maximum absolute atomic E-state index is 12.7. The second kappa shape index (κ2) is 5.25. The van der Waals surface area contributed by atoms with Crippen LogP contribution in [0.15, 0.2) is 24.3 Å². The van der Waals surface area contributed by atoms with Gasteiger partial charge in [-0.25, -0.2) is 0 Å². The van der Waals surface area contributed by atoms with Gasteiger partial charge in [-0.2, -0.15) is 0 Å². The van der Waals surface area contributed by atoms with Crippen LogP contribution < -0.4 is 0 Å². The summed E-state index contributed by atoms with van der Waals surface area (Å²) in [6.07, 6.45) is 0.375. The smallest absolute Gasteiger partial charge is 0.250 e. The van der Waals surface area contributed by atoms with Crippen molar-refractivity contribution in [1.29, 1.82) is 0 Å². The van der Waals surface area contributed by atoms with Crippen molar-refractivity contribution in [3.63, 3.8) is 0 Å². The van der Waals surface area contributed by atoms with Crippen LogP contribution in [0.1, 0.15) is 17.2 Å². The average molecular weight is 274 g/mol. The fourth-order valence-electron chi connectivity index (χ4n) is 2.86. The van der Waals surface area contributed by atoms with Gasteiger partial charge in [0.05, 0.1) is 19.6 Å². The number of hydrogen-bond donors (Lipinski definition) is 0. The molecule has 5 nitrogen and oxygen atoms in total. The Morgan fingerprint density at radius 1 is 1.25 bits per heavy atom. The van der Waals surface area contributed by atoms with E-state index in [1.807, 2.05) is 24.3 Å². The molecule has 0 unspecified atom stereocenters. The Balaban J connectivity index is 1.94. The Bertz CT molecular complexity index is 538. The SMILES string of the molecule is CN1C(=O)Cc2ccccc2[C@@H]1C(=O)N1CCOCC1. The standard InChI is InChI=1S/C15H18N2O3/c1-16-13(18)10-11-4-2-3-5-12(11)14(16)15(19)17-6-8-20-9-7-17/h2-5,14H,6-10H2,1H3/t14-/m1/s1. The maximum Gasteiger partial charge on any atom is 0.250 e. The van der Waals surface area contributed by atoms with Gasteiger partial charge in [-0.15, -0.1) is 0 Å². The number of benzene rings is 1. The van der Waals surface area contributed by atoms with Crippen molar-refractivity contribution in [2.45, 2.75) is 12.5 Å². The molecule has 1 atom stereocenters. The summed E-state index contributed by atoms with van der Waals surface area (Å²) in [5.41, 5.74) is 1.91. The molecule has 1 saturated heterocycles. The summed E-state index contributed by atoms with van der Waals surface area (Å²) in [5, 5.41) is 0. The minimum absolute atomic E-state index is 0.00343. The highest BCUT2D eigenvalue weighted by molar-refractivity contribution is 5.92. The molecule has 1 aromatic carbocycles. The number of rotatable bonds is 1. The Morgan fingerprint density at radius 2 is 1.95 bits per heavy atom. The van der Waals surface area contributed by atoms with Crippen LogP contribution in [0.3, 0.4) is 0 Å². The van der Waals surface area contributed by atoms with Crippen LogP contribution in [0.5, 0.6) is 0 Å². The van der Waals surface area contributed by atoms with Gasteiger partial charge >= 0.3 is 0 Å². The maximum atomic E-state index is 12.7. The van der Waals surface area contributed by atoms with Crippen molar-refractivity contribution in [2.24, 2.45) is 0 Å². The molecule has 0 aliphatic carbocycles. The average Bonchev–Trinajstić information content (AvgIpc) is 2.49. The minimum atomic E-state index is -0.495. The molecule has 0 N–H and O–H groups in total. The zero-order valence-corrected chi connectivity index (χ0v) is 11.5. The van der Waals surface area contributed by atoms with E-state index in [9.17, 15) is 9.59 Å². The first-order valence-electron chi connectivity index (χ1n) is 6.88. The van der Waals surface area contributed by atoms with Crippen molar-refractivity contribution in [1.82, 2.24) is 9.80 Å². The lowest BCUT2D eigenvalue weighted by Gasteiger charge is -2.37. The predicted octanol–water partition coefficient (Wildman–Crippen LogP) is 0.601. The summed E-state index contributed by atoms with van der Waals surface area (Å²) in [6.45, 7) is 2.33. The van der Waals surface area contributed by atoms with Crippen LogP contribution in [0.25, 0.3) is 0 Å². The van der Waals surface area contributed by atoms with Gasteiger partial charge in [-0.05, 0) is 11.1 Å². The highest BCUT2D eigenvalue weighted by atomic mass is 16.5. The number of likely N-dealkylation sites (N-methyl/N-ethyl adjacent to an activating group) is 1. The van der Waals surface area contributed by atoms with Crippen molar-refractivity contribution >= 4 is 11.8 Å². The summed E-state index contributed by atoms with van der Waals surface area (Å²) in [4.78, 5) is 28.2. The molecule has 5 heteroatoms. The highest BCUT2D eigenvalue weighted by Crippen LogP contribution is 2.30. The van der Waals surface area contributed by atoms with Gasteiger partial charge < -0.3 is 14.5 Å². The van der Waals surface area contributed by atoms with Crippen LogP contribution in [0.2, 0.25) is 0 Å². The van der Waals surface area contributed by atoms with E-state index >= 15 is 0 Å². The van der Waals surface area contributed by atoms with Crippen LogP contribution in [0.4, 0.5) is 0 Å². The van der Waals surface area contributed by atoms with Gasteiger partial charge in [0.25, 0.3) is 0 Å². The highest BCUT2D eigenvalue weighted by Gasteiger charge is 2.37. The largest absolute Gasteiger partial charge is 0.378 e. The molecule has 106 valence electrons. The molecule has 1 aromatic rings. The summed E-state index contributed by atoms with van der Waals surface area (Å²) in [5.74, 6) is -0.00777. The Kier molecular flexibility index (Phi) is 3.44. The Labute approximate surface area is 118 Å². The molecule has 2 amide bonds. The second-order valence-corrected chi connectivity index (χ2v) is 5.22. The molecule has 0 aromatic heterocycles. The van der Waals surface area contributed by atoms with Crippen LogP contribution >= 0.6 is 0 Å². The number of fused-ring (bicyclic) bond motifs is 1. The topological polar surface area (TPSA) is 49.9 Å². The Morgan fingerprint density at radius 3 is 2.70 bits per heavy atom. The van der Waals surface area contributed by atoms with Crippen molar-refractivity contribution in [3.05, 3.63) is 35.4 Å². The summed E-state index contributed by atoms with van der Waals surface area (Å²) in [6, 6.07) is 7.21. The lowest BCUT2D eigenvalue weighted by atomic mass is 9.91. The van der Waals surface area contributed by atoms with E-state index in [4.69, 9.17) is 4.74 Å². The van der Waals surface area contributed by atoms with E-state index in [1.165, 1.54) is 0 Å².